The summed E-state index contributed by atoms with van der Waals surface area (Å²) in [5, 5.41) is 1.45. The van der Waals surface area contributed by atoms with Crippen LogP contribution in [0.3, 0.4) is 0 Å². The Morgan fingerprint density at radius 1 is 1.53 bits per heavy atom. The summed E-state index contributed by atoms with van der Waals surface area (Å²) < 4.78 is 0. The molecule has 6 heteroatoms. The Kier molecular flexibility index (Phi) is 3.31. The lowest BCUT2D eigenvalue weighted by Gasteiger charge is -2.36. The van der Waals surface area contributed by atoms with Crippen molar-refractivity contribution < 1.29 is 4.84 Å². The van der Waals surface area contributed by atoms with Gasteiger partial charge in [-0.2, -0.15) is 10.1 Å². The summed E-state index contributed by atoms with van der Waals surface area (Å²) in [6.45, 7) is 7.77. The molecule has 0 unspecified atom stereocenters. The molecule has 6 nitrogen and oxygen atoms in total. The minimum atomic E-state index is -0.628. The zero-order valence-electron chi connectivity index (χ0n) is 9.10. The molecule has 1 aliphatic rings. The highest BCUT2D eigenvalue weighted by Crippen LogP contribution is 2.19. The van der Waals surface area contributed by atoms with E-state index in [-0.39, 0.29) is 11.9 Å². The average Bonchev–Trinajstić information content (AvgIpc) is 2.08. The van der Waals surface area contributed by atoms with E-state index in [1.807, 2.05) is 13.8 Å². The van der Waals surface area contributed by atoms with E-state index in [9.17, 15) is 0 Å². The summed E-state index contributed by atoms with van der Waals surface area (Å²) in [5.74, 6) is 0.387. The second-order valence-corrected chi connectivity index (χ2v) is 3.64. The maximum absolute atomic E-state index is 5.69. The van der Waals surface area contributed by atoms with Gasteiger partial charge in [-0.05, 0) is 20.3 Å². The van der Waals surface area contributed by atoms with Crippen molar-refractivity contribution in [3.63, 3.8) is 0 Å². The second-order valence-electron chi connectivity index (χ2n) is 3.64. The zero-order chi connectivity index (χ0) is 11.5. The van der Waals surface area contributed by atoms with Crippen molar-refractivity contribution in [1.29, 1.82) is 0 Å². The minimum absolute atomic E-state index is 0.168. The molecule has 0 amide bonds. The fourth-order valence-corrected chi connectivity index (χ4v) is 1.25. The van der Waals surface area contributed by atoms with Crippen molar-refractivity contribution in [3.8, 4) is 0 Å². The molecule has 15 heavy (non-hydrogen) atoms. The lowest BCUT2D eigenvalue weighted by atomic mass is 10.2. The van der Waals surface area contributed by atoms with E-state index in [1.165, 1.54) is 5.06 Å². The quantitative estimate of drug-likeness (QED) is 0.512. The molecule has 0 saturated heterocycles. The van der Waals surface area contributed by atoms with Gasteiger partial charge in [-0.15, -0.1) is 6.58 Å². The molecule has 0 aromatic heterocycles. The maximum atomic E-state index is 5.69. The van der Waals surface area contributed by atoms with Crippen molar-refractivity contribution in [2.45, 2.75) is 25.9 Å². The summed E-state index contributed by atoms with van der Waals surface area (Å²) in [6, 6.07) is 0. The van der Waals surface area contributed by atoms with Gasteiger partial charge in [0.1, 0.15) is 0 Å². The van der Waals surface area contributed by atoms with Crippen LogP contribution in [0.2, 0.25) is 0 Å². The predicted octanol–water partition coefficient (Wildman–Crippen LogP) is 0.175. The van der Waals surface area contributed by atoms with Gasteiger partial charge in [-0.25, -0.2) is 4.99 Å². The van der Waals surface area contributed by atoms with Crippen LogP contribution < -0.4 is 11.5 Å². The molecule has 0 bridgehead atoms. The topological polar surface area (TPSA) is 89.2 Å². The van der Waals surface area contributed by atoms with Crippen LogP contribution in [0.1, 0.15) is 20.3 Å². The van der Waals surface area contributed by atoms with Gasteiger partial charge >= 0.3 is 0 Å². The summed E-state index contributed by atoms with van der Waals surface area (Å²) in [5.41, 5.74) is 10.6. The normalized spacial score (nSPS) is 19.5. The molecule has 4 N–H and O–H groups in total. The third kappa shape index (κ3) is 2.69. The first-order valence-electron chi connectivity index (χ1n) is 4.71. The van der Waals surface area contributed by atoms with Crippen molar-refractivity contribution in [1.82, 2.24) is 5.06 Å². The van der Waals surface area contributed by atoms with Gasteiger partial charge in [0.15, 0.2) is 5.66 Å². The van der Waals surface area contributed by atoms with Crippen LogP contribution in [0, 0.1) is 0 Å². The molecule has 0 aromatic carbocycles. The van der Waals surface area contributed by atoms with E-state index in [4.69, 9.17) is 16.3 Å². The van der Waals surface area contributed by atoms with Crippen LogP contribution in [0.25, 0.3) is 0 Å². The standard InChI is InChI=1S/C9H17N5O/c1-4-5-6-15-14-8(11)12-7(10)13-9(14,2)3/h4H,1,5-6H2,2-3H3,(H4,10,11,12,13). The molecule has 1 aliphatic heterocycles. The summed E-state index contributed by atoms with van der Waals surface area (Å²) >= 11 is 0. The highest BCUT2D eigenvalue weighted by atomic mass is 16.7. The van der Waals surface area contributed by atoms with E-state index >= 15 is 0 Å². The molecule has 1 heterocycles. The van der Waals surface area contributed by atoms with Crippen molar-refractivity contribution in [2.75, 3.05) is 6.61 Å². The van der Waals surface area contributed by atoms with Gasteiger partial charge in [0.25, 0.3) is 0 Å². The first-order valence-corrected chi connectivity index (χ1v) is 4.71. The van der Waals surface area contributed by atoms with Crippen molar-refractivity contribution in [3.05, 3.63) is 12.7 Å². The number of nitrogens with two attached hydrogens (primary N) is 2. The number of guanidine groups is 2. The maximum Gasteiger partial charge on any atom is 0.226 e. The minimum Gasteiger partial charge on any atom is -0.368 e. The van der Waals surface area contributed by atoms with Crippen LogP contribution in [0.5, 0.6) is 0 Å². The van der Waals surface area contributed by atoms with Crippen LogP contribution in [-0.4, -0.2) is 29.3 Å². The van der Waals surface area contributed by atoms with Crippen LogP contribution in [0.15, 0.2) is 22.6 Å². The third-order valence-electron chi connectivity index (χ3n) is 1.86. The predicted molar refractivity (Wildman–Crippen MR) is 59.9 cm³/mol. The number of aliphatic imine (C=N–C) groups is 2. The van der Waals surface area contributed by atoms with Crippen LogP contribution >= 0.6 is 0 Å². The first-order chi connectivity index (χ1) is 6.97. The Balaban J connectivity index is 2.71. The molecule has 0 atom stereocenters. The van der Waals surface area contributed by atoms with E-state index in [1.54, 1.807) is 6.08 Å². The van der Waals surface area contributed by atoms with Gasteiger partial charge in [0.05, 0.1) is 6.61 Å². The molecule has 0 fully saturated rings. The van der Waals surface area contributed by atoms with Gasteiger partial charge in [-0.3, -0.25) is 4.84 Å². The Morgan fingerprint density at radius 2 is 2.20 bits per heavy atom. The van der Waals surface area contributed by atoms with E-state index in [0.29, 0.717) is 6.61 Å². The first kappa shape index (κ1) is 11.5. The summed E-state index contributed by atoms with van der Waals surface area (Å²) in [7, 11) is 0. The van der Waals surface area contributed by atoms with Gasteiger partial charge in [0.2, 0.25) is 11.9 Å². The Hall–Kier alpha value is -1.56. The summed E-state index contributed by atoms with van der Waals surface area (Å²) in [6.07, 6.45) is 2.50. The molecule has 1 rings (SSSR count). The van der Waals surface area contributed by atoms with E-state index < -0.39 is 5.66 Å². The molecule has 0 spiro atoms. The highest BCUT2D eigenvalue weighted by molar-refractivity contribution is 5.95. The fraction of sp³-hybridized carbons (Fsp3) is 0.556. The Bertz CT molecular complexity index is 308. The number of hydrogen-bond acceptors (Lipinski definition) is 6. The SMILES string of the molecule is C=CCCON1C(N)=NC(N)=NC1(C)C. The van der Waals surface area contributed by atoms with Crippen molar-refractivity contribution in [2.24, 2.45) is 21.5 Å². The molecule has 0 aliphatic carbocycles. The number of hydroxylamine groups is 2. The Morgan fingerprint density at radius 3 is 2.73 bits per heavy atom. The molecular formula is C9H17N5O. The van der Waals surface area contributed by atoms with E-state index in [2.05, 4.69) is 16.6 Å². The van der Waals surface area contributed by atoms with Crippen LogP contribution in [0.4, 0.5) is 0 Å². The van der Waals surface area contributed by atoms with Gasteiger partial charge < -0.3 is 11.5 Å². The monoisotopic (exact) mass is 211 g/mol. The third-order valence-corrected chi connectivity index (χ3v) is 1.86. The lowest BCUT2D eigenvalue weighted by molar-refractivity contribution is -0.155. The smallest absolute Gasteiger partial charge is 0.226 e. The number of rotatable bonds is 4. The summed E-state index contributed by atoms with van der Waals surface area (Å²) in [4.78, 5) is 13.4. The molecule has 0 radical (unpaired) electrons. The largest absolute Gasteiger partial charge is 0.368 e. The highest BCUT2D eigenvalue weighted by Gasteiger charge is 2.32. The molecular weight excluding hydrogens is 194 g/mol. The molecule has 0 saturated carbocycles. The van der Waals surface area contributed by atoms with Gasteiger partial charge in [0, 0.05) is 0 Å². The van der Waals surface area contributed by atoms with Crippen molar-refractivity contribution >= 4 is 11.9 Å². The molecule has 84 valence electrons. The van der Waals surface area contributed by atoms with Crippen LogP contribution in [-0.2, 0) is 4.84 Å². The Labute approximate surface area is 89.3 Å². The van der Waals surface area contributed by atoms with E-state index in [0.717, 1.165) is 6.42 Å². The number of nitrogens with zero attached hydrogens (tertiary/aromatic N) is 3. The molecule has 0 aromatic rings. The second kappa shape index (κ2) is 4.31. The fourth-order valence-electron chi connectivity index (χ4n) is 1.25. The lowest BCUT2D eigenvalue weighted by Crippen LogP contribution is -2.53. The zero-order valence-corrected chi connectivity index (χ0v) is 9.10. The average molecular weight is 211 g/mol. The van der Waals surface area contributed by atoms with Gasteiger partial charge in [-0.1, -0.05) is 6.08 Å². The number of hydrogen-bond donors (Lipinski definition) is 2.